The molecule has 0 aliphatic heterocycles. The van der Waals surface area contributed by atoms with Gasteiger partial charge in [-0.05, 0) is 41.6 Å². The van der Waals surface area contributed by atoms with Crippen LogP contribution >= 0.6 is 11.8 Å². The van der Waals surface area contributed by atoms with Crippen LogP contribution in [0.5, 0.6) is 11.5 Å². The van der Waals surface area contributed by atoms with Crippen molar-refractivity contribution in [1.82, 2.24) is 14.8 Å². The first kappa shape index (κ1) is 21.1. The third-order valence-electron chi connectivity index (χ3n) is 4.15. The van der Waals surface area contributed by atoms with Gasteiger partial charge < -0.3 is 14.0 Å². The van der Waals surface area contributed by atoms with E-state index in [1.54, 1.807) is 41.9 Å². The van der Waals surface area contributed by atoms with Gasteiger partial charge in [0, 0.05) is 19.2 Å². The molecule has 0 saturated heterocycles. The molecule has 154 valence electrons. The molecule has 10 heteroatoms. The molecular formula is C20H18N4O5S. The van der Waals surface area contributed by atoms with Crippen LogP contribution in [0.2, 0.25) is 0 Å². The van der Waals surface area contributed by atoms with Crippen LogP contribution < -0.4 is 9.47 Å². The van der Waals surface area contributed by atoms with Crippen LogP contribution in [0.15, 0.2) is 58.9 Å². The number of hydrogen-bond donors (Lipinski definition) is 0. The Kier molecular flexibility index (Phi) is 6.48. The first-order valence-corrected chi connectivity index (χ1v) is 9.49. The number of nitrogens with zero attached hydrogens (tertiary/aromatic N) is 4. The zero-order valence-corrected chi connectivity index (χ0v) is 17.3. The molecule has 0 unspecified atom stereocenters. The minimum atomic E-state index is -0.468. The highest BCUT2D eigenvalue weighted by Crippen LogP contribution is 2.34. The van der Waals surface area contributed by atoms with Crippen LogP contribution in [0.3, 0.4) is 0 Å². The van der Waals surface area contributed by atoms with Gasteiger partial charge >= 0.3 is 0 Å². The van der Waals surface area contributed by atoms with Crippen LogP contribution in [0, 0.1) is 10.1 Å². The fourth-order valence-corrected chi connectivity index (χ4v) is 3.44. The number of nitro benzene ring substituents is 1. The lowest BCUT2D eigenvalue weighted by molar-refractivity contribution is -0.387. The maximum atomic E-state index is 12.6. The lowest BCUT2D eigenvalue weighted by Gasteiger charge is -2.08. The molecule has 1 aromatic heterocycles. The smallest absolute Gasteiger partial charge is 0.283 e. The van der Waals surface area contributed by atoms with Crippen molar-refractivity contribution in [1.29, 1.82) is 0 Å². The molecule has 0 N–H and O–H groups in total. The average Bonchev–Trinajstić information content (AvgIpc) is 3.16. The van der Waals surface area contributed by atoms with E-state index >= 15 is 0 Å². The first-order valence-electron chi connectivity index (χ1n) is 8.67. The van der Waals surface area contributed by atoms with Gasteiger partial charge in [-0.15, -0.1) is 10.2 Å². The fraction of sp³-hybridized carbons (Fsp3) is 0.150. The van der Waals surface area contributed by atoms with E-state index in [1.807, 2.05) is 0 Å². The summed E-state index contributed by atoms with van der Waals surface area (Å²) in [6, 6.07) is 9.61. The summed E-state index contributed by atoms with van der Waals surface area (Å²) in [5.41, 5.74) is 0.794. The number of methoxy groups -OCH3 is 2. The molecule has 0 atom stereocenters. The monoisotopic (exact) mass is 426 g/mol. The summed E-state index contributed by atoms with van der Waals surface area (Å²) in [5, 5.41) is 19.7. The molecule has 0 aliphatic rings. The minimum Gasteiger partial charge on any atom is -0.497 e. The molecule has 0 aliphatic carbocycles. The number of rotatable bonds is 8. The van der Waals surface area contributed by atoms with E-state index in [4.69, 9.17) is 9.47 Å². The Morgan fingerprint density at radius 2 is 2.00 bits per heavy atom. The Morgan fingerprint density at radius 3 is 2.63 bits per heavy atom. The van der Waals surface area contributed by atoms with Gasteiger partial charge in [-0.1, -0.05) is 12.1 Å². The largest absolute Gasteiger partial charge is 0.497 e. The zero-order valence-electron chi connectivity index (χ0n) is 16.4. The summed E-state index contributed by atoms with van der Waals surface area (Å²) in [4.78, 5) is 24.0. The van der Waals surface area contributed by atoms with Crippen molar-refractivity contribution in [3.8, 4) is 11.5 Å². The van der Waals surface area contributed by atoms with Gasteiger partial charge in [-0.3, -0.25) is 14.9 Å². The molecule has 3 rings (SSSR count). The summed E-state index contributed by atoms with van der Waals surface area (Å²) in [5.74, 6) is 0.652. The molecule has 9 nitrogen and oxygen atoms in total. The molecule has 0 radical (unpaired) electrons. The molecule has 0 saturated carbocycles. The van der Waals surface area contributed by atoms with Crippen LogP contribution in [0.25, 0.3) is 6.08 Å². The number of ketones is 1. The van der Waals surface area contributed by atoms with Crippen LogP contribution in [0.4, 0.5) is 5.69 Å². The number of benzene rings is 2. The lowest BCUT2D eigenvalue weighted by atomic mass is 10.1. The highest BCUT2D eigenvalue weighted by atomic mass is 32.2. The van der Waals surface area contributed by atoms with Gasteiger partial charge in [0.05, 0.1) is 29.6 Å². The van der Waals surface area contributed by atoms with Crippen molar-refractivity contribution in [3.05, 3.63) is 70.0 Å². The summed E-state index contributed by atoms with van der Waals surface area (Å²) >= 11 is 1.14. The number of carbonyl (C=O) groups excluding carboxylic acids is 1. The van der Waals surface area contributed by atoms with Gasteiger partial charge in [0.1, 0.15) is 17.8 Å². The molecule has 1 heterocycles. The van der Waals surface area contributed by atoms with E-state index in [9.17, 15) is 14.9 Å². The van der Waals surface area contributed by atoms with E-state index in [1.165, 1.54) is 38.8 Å². The molecule has 0 fully saturated rings. The maximum Gasteiger partial charge on any atom is 0.283 e. The molecule has 0 spiro atoms. The number of aromatic nitrogens is 3. The Balaban J connectivity index is 1.85. The predicted octanol–water partition coefficient (Wildman–Crippen LogP) is 3.79. The van der Waals surface area contributed by atoms with Crippen molar-refractivity contribution in [3.63, 3.8) is 0 Å². The first-order chi connectivity index (χ1) is 14.4. The number of carbonyl (C=O) groups is 1. The summed E-state index contributed by atoms with van der Waals surface area (Å²) < 4.78 is 12.0. The third kappa shape index (κ3) is 4.66. The molecule has 30 heavy (non-hydrogen) atoms. The number of aryl methyl sites for hydroxylation is 1. The fourth-order valence-electron chi connectivity index (χ4n) is 2.59. The molecule has 0 amide bonds. The van der Waals surface area contributed by atoms with Crippen molar-refractivity contribution in [2.75, 3.05) is 14.2 Å². The second kappa shape index (κ2) is 9.23. The lowest BCUT2D eigenvalue weighted by Crippen LogP contribution is -1.99. The minimum absolute atomic E-state index is 0.0837. The van der Waals surface area contributed by atoms with Gasteiger partial charge in [-0.2, -0.15) is 0 Å². The van der Waals surface area contributed by atoms with E-state index in [0.29, 0.717) is 32.7 Å². The molecule has 3 aromatic rings. The summed E-state index contributed by atoms with van der Waals surface area (Å²) in [6.07, 6.45) is 4.39. The summed E-state index contributed by atoms with van der Waals surface area (Å²) in [6.45, 7) is 0. The third-order valence-corrected chi connectivity index (χ3v) is 5.27. The van der Waals surface area contributed by atoms with Crippen molar-refractivity contribution in [2.45, 2.75) is 10.1 Å². The predicted molar refractivity (Wildman–Crippen MR) is 111 cm³/mol. The quantitative estimate of drug-likeness (QED) is 0.232. The maximum absolute atomic E-state index is 12.6. The topological polar surface area (TPSA) is 109 Å². The number of allylic oxidation sites excluding steroid dienone is 1. The normalized spacial score (nSPS) is 10.9. The Morgan fingerprint density at radius 1 is 1.20 bits per heavy atom. The Bertz CT molecular complexity index is 1130. The van der Waals surface area contributed by atoms with Gasteiger partial charge in [0.2, 0.25) is 0 Å². The second-order valence-corrected chi connectivity index (χ2v) is 7.08. The zero-order chi connectivity index (χ0) is 21.7. The Hall–Kier alpha value is -3.66. The van der Waals surface area contributed by atoms with Crippen LogP contribution in [-0.4, -0.2) is 39.7 Å². The highest BCUT2D eigenvalue weighted by molar-refractivity contribution is 7.99. The van der Waals surface area contributed by atoms with E-state index in [-0.39, 0.29) is 11.5 Å². The van der Waals surface area contributed by atoms with Gasteiger partial charge in [-0.25, -0.2) is 0 Å². The number of nitro groups is 1. The van der Waals surface area contributed by atoms with E-state index in [0.717, 1.165) is 11.8 Å². The van der Waals surface area contributed by atoms with Crippen molar-refractivity contribution >= 4 is 29.3 Å². The number of hydrogen-bond acceptors (Lipinski definition) is 8. The second-order valence-electron chi connectivity index (χ2n) is 6.07. The standard InChI is InChI=1S/C20H18N4O5S/c1-23-12-21-22-20(23)30-19-9-5-13(10-16(19)24(26)27)4-8-17(25)15-7-6-14(28-2)11-18(15)29-3/h4-12H,1-3H3. The summed E-state index contributed by atoms with van der Waals surface area (Å²) in [7, 11) is 4.74. The van der Waals surface area contributed by atoms with E-state index < -0.39 is 4.92 Å². The van der Waals surface area contributed by atoms with Crippen LogP contribution in [-0.2, 0) is 7.05 Å². The van der Waals surface area contributed by atoms with Crippen molar-refractivity contribution in [2.24, 2.45) is 7.05 Å². The van der Waals surface area contributed by atoms with Crippen molar-refractivity contribution < 1.29 is 19.2 Å². The molecule has 0 bridgehead atoms. The Labute approximate surface area is 176 Å². The molecule has 2 aromatic carbocycles. The highest BCUT2D eigenvalue weighted by Gasteiger charge is 2.17. The van der Waals surface area contributed by atoms with Crippen LogP contribution in [0.1, 0.15) is 15.9 Å². The van der Waals surface area contributed by atoms with Gasteiger partial charge in [0.15, 0.2) is 10.9 Å². The van der Waals surface area contributed by atoms with E-state index in [2.05, 4.69) is 10.2 Å². The molecular weight excluding hydrogens is 408 g/mol. The SMILES string of the molecule is COc1ccc(C(=O)C=Cc2ccc(Sc3nncn3C)c([N+](=O)[O-])c2)c(OC)c1. The average molecular weight is 426 g/mol. The number of ether oxygens (including phenoxy) is 2. The van der Waals surface area contributed by atoms with Gasteiger partial charge in [0.25, 0.3) is 5.69 Å².